The molecule has 5 nitrogen and oxygen atoms in total. The molecule has 2 N–H and O–H groups in total. The molecule has 1 atom stereocenters. The average molecular weight is 114 g/mol. The van der Waals surface area contributed by atoms with Crippen LogP contribution in [-0.2, 0) is 14.3 Å². The first-order valence-corrected chi connectivity index (χ1v) is 2.24. The van der Waals surface area contributed by atoms with Crippen LogP contribution in [0.4, 0.5) is 0 Å². The third-order valence-corrected chi connectivity index (χ3v) is 0.326. The summed E-state index contributed by atoms with van der Waals surface area (Å²) in [4.78, 5) is 7.59. The van der Waals surface area contributed by atoms with Crippen molar-refractivity contribution in [3.05, 3.63) is 0 Å². The van der Waals surface area contributed by atoms with Crippen molar-refractivity contribution in [2.75, 3.05) is 0 Å². The second-order valence-corrected chi connectivity index (χ2v) is 1.12. The zero-order valence-corrected chi connectivity index (χ0v) is 3.62. The molecule has 0 aliphatic rings. The third kappa shape index (κ3) is 4.07. The molecule has 0 saturated heterocycles. The zero-order chi connectivity index (χ0) is 4.99. The molecule has 0 aromatic carbocycles. The van der Waals surface area contributed by atoms with Crippen LogP contribution >= 0.6 is 8.25 Å². The fourth-order valence-electron chi connectivity index (χ4n) is 0.0319. The molecule has 0 saturated carbocycles. The van der Waals surface area contributed by atoms with Crippen LogP contribution in [0.5, 0.6) is 0 Å². The van der Waals surface area contributed by atoms with E-state index in [1.807, 2.05) is 0 Å². The van der Waals surface area contributed by atoms with Gasteiger partial charge in [0, 0.05) is 0 Å². The summed E-state index contributed by atoms with van der Waals surface area (Å²) < 4.78 is 12.5. The Balaban J connectivity index is 2.83. The summed E-state index contributed by atoms with van der Waals surface area (Å²) in [6, 6.07) is 0. The van der Waals surface area contributed by atoms with E-state index < -0.39 is 8.25 Å². The zero-order valence-electron chi connectivity index (χ0n) is 2.62. The normalized spacial score (nSPS) is 14.3. The Bertz CT molecular complexity index is 47.9. The molecule has 0 rings (SSSR count). The van der Waals surface area contributed by atoms with Gasteiger partial charge in [0.25, 0.3) is 0 Å². The number of hydrogen-bond donors (Lipinski definition) is 2. The van der Waals surface area contributed by atoms with E-state index in [-0.39, 0.29) is 0 Å². The predicted octanol–water partition coefficient (Wildman–Crippen LogP) is -0.210. The summed E-state index contributed by atoms with van der Waals surface area (Å²) in [7, 11) is -3.11. The van der Waals surface area contributed by atoms with Crippen LogP contribution in [0.3, 0.4) is 0 Å². The lowest BCUT2D eigenvalue weighted by Gasteiger charge is -1.83. The van der Waals surface area contributed by atoms with E-state index in [9.17, 15) is 4.57 Å². The van der Waals surface area contributed by atoms with Gasteiger partial charge >= 0.3 is 8.25 Å². The van der Waals surface area contributed by atoms with Crippen molar-refractivity contribution in [2.45, 2.75) is 0 Å². The molecular weight excluding hydrogens is 111 g/mol. The van der Waals surface area contributed by atoms with Crippen molar-refractivity contribution < 1.29 is 24.4 Å². The third-order valence-electron chi connectivity index (χ3n) is 0.109. The Morgan fingerprint density at radius 2 is 2.17 bits per heavy atom. The smallest absolute Gasteiger partial charge is 0.325 e. The van der Waals surface area contributed by atoms with Crippen LogP contribution < -0.4 is 0 Å². The second-order valence-electron chi connectivity index (χ2n) is 0.424. The minimum absolute atomic E-state index is 2.79. The van der Waals surface area contributed by atoms with Gasteiger partial charge in [-0.25, -0.2) is 5.26 Å². The number of hydrogen-bond acceptors (Lipinski definition) is 4. The molecule has 6 heavy (non-hydrogen) atoms. The first-order chi connectivity index (χ1) is 2.77. The molecule has 38 valence electrons. The summed E-state index contributed by atoms with van der Waals surface area (Å²) >= 11 is 0. The lowest BCUT2D eigenvalue weighted by Crippen LogP contribution is -1.73. The molecule has 0 fully saturated rings. The second kappa shape index (κ2) is 3.27. The van der Waals surface area contributed by atoms with Crippen LogP contribution in [0.15, 0.2) is 0 Å². The van der Waals surface area contributed by atoms with Gasteiger partial charge in [-0.1, -0.05) is 5.04 Å². The summed E-state index contributed by atoms with van der Waals surface area (Å²) in [5.41, 5.74) is 0. The van der Waals surface area contributed by atoms with Gasteiger partial charge in [0.15, 0.2) is 0 Å². The van der Waals surface area contributed by atoms with Crippen molar-refractivity contribution in [3.8, 4) is 0 Å². The Labute approximate surface area is 33.9 Å². The van der Waals surface area contributed by atoms with Crippen molar-refractivity contribution in [1.82, 2.24) is 0 Å². The molecule has 1 unspecified atom stereocenters. The van der Waals surface area contributed by atoms with Gasteiger partial charge in [0.1, 0.15) is 0 Å². The van der Waals surface area contributed by atoms with Gasteiger partial charge in [-0.2, -0.15) is 0 Å². The highest BCUT2D eigenvalue weighted by Crippen LogP contribution is 2.12. The predicted molar refractivity (Wildman–Crippen MR) is 16.0 cm³/mol. The molecule has 0 amide bonds. The van der Waals surface area contributed by atoms with Gasteiger partial charge in [-0.15, -0.1) is 4.67 Å². The topological polar surface area (TPSA) is 76.0 Å². The maximum atomic E-state index is 9.28. The van der Waals surface area contributed by atoms with E-state index in [1.165, 1.54) is 0 Å². The molecule has 0 aliphatic heterocycles. The Morgan fingerprint density at radius 1 is 1.67 bits per heavy atom. The molecule has 0 aliphatic carbocycles. The van der Waals surface area contributed by atoms with Crippen LogP contribution in [0.2, 0.25) is 0 Å². The maximum Gasteiger partial charge on any atom is 0.347 e. The molecule has 0 aromatic heterocycles. The maximum absolute atomic E-state index is 9.28. The Morgan fingerprint density at radius 3 is 2.17 bits per heavy atom. The molecule has 0 heterocycles. The van der Waals surface area contributed by atoms with Crippen molar-refractivity contribution in [1.29, 1.82) is 0 Å². The Hall–Kier alpha value is 0.0700. The highest BCUT2D eigenvalue weighted by Gasteiger charge is 1.84. The van der Waals surface area contributed by atoms with Crippen LogP contribution in [-0.4, -0.2) is 10.2 Å². The van der Waals surface area contributed by atoms with Crippen LogP contribution in [0, 0.1) is 0 Å². The first kappa shape index (κ1) is 6.07. The summed E-state index contributed by atoms with van der Waals surface area (Å²) in [6.45, 7) is 0. The van der Waals surface area contributed by atoms with Crippen molar-refractivity contribution >= 4 is 8.25 Å². The van der Waals surface area contributed by atoms with Crippen molar-refractivity contribution in [3.63, 3.8) is 0 Å². The van der Waals surface area contributed by atoms with Gasteiger partial charge in [-0.3, -0.25) is 4.57 Å². The van der Waals surface area contributed by atoms with Crippen LogP contribution in [0.1, 0.15) is 0 Å². The molecule has 0 aromatic rings. The largest absolute Gasteiger partial charge is 0.347 e. The fraction of sp³-hybridized carbons (Fsp3) is 0. The molecule has 0 spiro atoms. The van der Waals surface area contributed by atoms with Gasteiger partial charge in [0.2, 0.25) is 0 Å². The van der Waals surface area contributed by atoms with Gasteiger partial charge < -0.3 is 4.89 Å². The summed E-state index contributed by atoms with van der Waals surface area (Å²) in [5.74, 6) is 0. The highest BCUT2D eigenvalue weighted by atomic mass is 31.1. The lowest BCUT2D eigenvalue weighted by molar-refractivity contribution is -0.440. The number of rotatable bonds is 2. The summed E-state index contributed by atoms with van der Waals surface area (Å²) in [6.07, 6.45) is 0. The molecule has 6 heteroatoms. The van der Waals surface area contributed by atoms with E-state index in [0.29, 0.717) is 0 Å². The minimum atomic E-state index is -3.11. The van der Waals surface area contributed by atoms with E-state index >= 15 is 0 Å². The van der Waals surface area contributed by atoms with E-state index in [1.54, 1.807) is 0 Å². The summed E-state index contributed by atoms with van der Waals surface area (Å²) in [5, 5.41) is 9.97. The molecular formula is H3O5P. The van der Waals surface area contributed by atoms with Crippen LogP contribution in [0.25, 0.3) is 0 Å². The van der Waals surface area contributed by atoms with E-state index in [4.69, 9.17) is 10.2 Å². The quantitative estimate of drug-likeness (QED) is 0.295. The average Bonchev–Trinajstić information content (AvgIpc) is 1.35. The monoisotopic (exact) mass is 114 g/mol. The first-order valence-electron chi connectivity index (χ1n) is 0.981. The van der Waals surface area contributed by atoms with E-state index in [2.05, 4.69) is 9.71 Å². The highest BCUT2D eigenvalue weighted by molar-refractivity contribution is 7.31. The van der Waals surface area contributed by atoms with Gasteiger partial charge in [0.05, 0.1) is 0 Å². The molecule has 0 bridgehead atoms. The standard InChI is InChI=1S/H3O5P/c1-4-5-6(2)3/h1,6H,(H,2,3). The lowest BCUT2D eigenvalue weighted by atomic mass is 14.6. The SMILES string of the molecule is O=[PH](O)OOO. The van der Waals surface area contributed by atoms with Gasteiger partial charge in [-0.05, 0) is 0 Å². The van der Waals surface area contributed by atoms with Crippen molar-refractivity contribution in [2.24, 2.45) is 0 Å². The van der Waals surface area contributed by atoms with E-state index in [0.717, 1.165) is 0 Å². The molecule has 0 radical (unpaired) electrons. The Kier molecular flexibility index (Phi) is 3.31. The fourth-order valence-corrected chi connectivity index (χ4v) is 0.0956. The minimum Gasteiger partial charge on any atom is -0.325 e.